The molecular formula is C8H16O. The summed E-state index contributed by atoms with van der Waals surface area (Å²) in [5.74, 6) is 0. The van der Waals surface area contributed by atoms with Gasteiger partial charge < -0.3 is 5.11 Å². The molecule has 0 bridgehead atoms. The average Bonchev–Trinajstić information content (AvgIpc) is 1.64. The van der Waals surface area contributed by atoms with E-state index < -0.39 is 0 Å². The van der Waals surface area contributed by atoms with Gasteiger partial charge in [-0.25, -0.2) is 0 Å². The van der Waals surface area contributed by atoms with Crippen molar-refractivity contribution in [2.75, 3.05) is 0 Å². The predicted molar refractivity (Wildman–Crippen MR) is 40.3 cm³/mol. The summed E-state index contributed by atoms with van der Waals surface area (Å²) in [4.78, 5) is 0. The highest BCUT2D eigenvalue weighted by Gasteiger charge is 2.02. The Morgan fingerprint density at radius 1 is 1.44 bits per heavy atom. The fourth-order valence-electron chi connectivity index (χ4n) is 1.07. The van der Waals surface area contributed by atoms with Crippen LogP contribution in [0.4, 0.5) is 0 Å². The van der Waals surface area contributed by atoms with Gasteiger partial charge in [0.15, 0.2) is 0 Å². The molecule has 0 saturated heterocycles. The third-order valence-electron chi connectivity index (χ3n) is 1.53. The van der Waals surface area contributed by atoms with Crippen LogP contribution in [0, 0.1) is 0 Å². The Hall–Kier alpha value is -0.300. The van der Waals surface area contributed by atoms with Gasteiger partial charge in [0, 0.05) is 0 Å². The van der Waals surface area contributed by atoms with Crippen molar-refractivity contribution in [3.63, 3.8) is 0 Å². The van der Waals surface area contributed by atoms with E-state index >= 15 is 0 Å². The lowest BCUT2D eigenvalue weighted by molar-refractivity contribution is 0.226. The summed E-state index contributed by atoms with van der Waals surface area (Å²) < 4.78 is 0. The van der Waals surface area contributed by atoms with E-state index in [1.165, 1.54) is 5.57 Å². The van der Waals surface area contributed by atoms with Gasteiger partial charge in [-0.2, -0.15) is 0 Å². The van der Waals surface area contributed by atoms with E-state index in [0.717, 1.165) is 12.0 Å². The average molecular weight is 128 g/mol. The minimum absolute atomic E-state index is 0.264. The maximum Gasteiger partial charge on any atom is 0.0724 e. The summed E-state index contributed by atoms with van der Waals surface area (Å²) in [6.07, 6.45) is 0.694. The maximum absolute atomic E-state index is 9.12. The summed E-state index contributed by atoms with van der Waals surface area (Å²) in [6, 6.07) is 0. The Balaban J connectivity index is 4.16. The molecule has 0 aromatic rings. The lowest BCUT2D eigenvalue weighted by atomic mass is 10.0. The van der Waals surface area contributed by atoms with E-state index in [-0.39, 0.29) is 6.10 Å². The third kappa shape index (κ3) is 2.66. The fourth-order valence-corrected chi connectivity index (χ4v) is 1.07. The van der Waals surface area contributed by atoms with Gasteiger partial charge in [0.2, 0.25) is 0 Å². The minimum atomic E-state index is -0.264. The van der Waals surface area contributed by atoms with Crippen LogP contribution in [0.2, 0.25) is 0 Å². The molecule has 0 saturated carbocycles. The first-order valence-electron chi connectivity index (χ1n) is 3.43. The van der Waals surface area contributed by atoms with Gasteiger partial charge >= 0.3 is 0 Å². The van der Waals surface area contributed by atoms with Gasteiger partial charge in [-0.15, -0.1) is 0 Å². The Bertz CT molecular complexity index is 108. The summed E-state index contributed by atoms with van der Waals surface area (Å²) in [5.41, 5.74) is 2.41. The number of aliphatic hydroxyl groups excluding tert-OH is 1. The number of aliphatic hydroxyl groups is 1. The van der Waals surface area contributed by atoms with Gasteiger partial charge in [-0.05, 0) is 32.8 Å². The molecule has 0 aromatic carbocycles. The molecule has 1 heteroatoms. The SMILES string of the molecule is CCC(=C(C)C)C(C)O. The van der Waals surface area contributed by atoms with E-state index in [1.54, 1.807) is 0 Å². The van der Waals surface area contributed by atoms with Crippen LogP contribution in [0.15, 0.2) is 11.1 Å². The molecule has 0 aliphatic rings. The first-order chi connectivity index (χ1) is 4.09. The van der Waals surface area contributed by atoms with Gasteiger partial charge in [0.25, 0.3) is 0 Å². The van der Waals surface area contributed by atoms with Crippen molar-refractivity contribution in [2.24, 2.45) is 0 Å². The lowest BCUT2D eigenvalue weighted by Gasteiger charge is -2.09. The molecule has 0 aliphatic carbocycles. The van der Waals surface area contributed by atoms with Gasteiger partial charge in [0.05, 0.1) is 6.10 Å². The number of hydrogen-bond donors (Lipinski definition) is 1. The van der Waals surface area contributed by atoms with Crippen molar-refractivity contribution in [1.29, 1.82) is 0 Å². The smallest absolute Gasteiger partial charge is 0.0724 e. The van der Waals surface area contributed by atoms with Crippen molar-refractivity contribution in [1.82, 2.24) is 0 Å². The van der Waals surface area contributed by atoms with E-state index in [4.69, 9.17) is 5.11 Å². The van der Waals surface area contributed by atoms with Crippen LogP contribution >= 0.6 is 0 Å². The summed E-state index contributed by atoms with van der Waals surface area (Å²) in [6.45, 7) is 7.94. The van der Waals surface area contributed by atoms with E-state index in [0.29, 0.717) is 0 Å². The van der Waals surface area contributed by atoms with Gasteiger partial charge in [0.1, 0.15) is 0 Å². The van der Waals surface area contributed by atoms with Crippen LogP contribution in [0.3, 0.4) is 0 Å². The molecule has 0 rings (SSSR count). The molecule has 0 fully saturated rings. The molecule has 0 radical (unpaired) electrons. The Morgan fingerprint density at radius 2 is 1.89 bits per heavy atom. The van der Waals surface area contributed by atoms with Crippen LogP contribution in [-0.2, 0) is 0 Å². The zero-order valence-electron chi connectivity index (χ0n) is 6.73. The van der Waals surface area contributed by atoms with Crippen molar-refractivity contribution in [2.45, 2.75) is 40.2 Å². The molecule has 0 heterocycles. The maximum atomic E-state index is 9.12. The molecule has 0 aromatic heterocycles. The van der Waals surface area contributed by atoms with E-state index in [2.05, 4.69) is 6.92 Å². The zero-order valence-corrected chi connectivity index (χ0v) is 6.73. The monoisotopic (exact) mass is 128 g/mol. The molecule has 0 spiro atoms. The standard InChI is InChI=1S/C8H16O/c1-5-8(6(2)3)7(4)9/h7,9H,5H2,1-4H3. The largest absolute Gasteiger partial charge is 0.389 e. The predicted octanol–water partition coefficient (Wildman–Crippen LogP) is 2.11. The fraction of sp³-hybridized carbons (Fsp3) is 0.750. The Labute approximate surface area is 57.4 Å². The molecule has 1 unspecified atom stereocenters. The highest BCUT2D eigenvalue weighted by molar-refractivity contribution is 5.12. The number of allylic oxidation sites excluding steroid dienone is 1. The van der Waals surface area contributed by atoms with Gasteiger partial charge in [-0.1, -0.05) is 12.5 Å². The second-order valence-electron chi connectivity index (χ2n) is 2.55. The molecule has 1 nitrogen and oxygen atoms in total. The molecule has 9 heavy (non-hydrogen) atoms. The molecular weight excluding hydrogens is 112 g/mol. The van der Waals surface area contributed by atoms with Crippen molar-refractivity contribution in [3.8, 4) is 0 Å². The van der Waals surface area contributed by atoms with Crippen LogP contribution in [0.1, 0.15) is 34.1 Å². The second kappa shape index (κ2) is 3.67. The Morgan fingerprint density at radius 3 is 1.89 bits per heavy atom. The topological polar surface area (TPSA) is 20.2 Å². The lowest BCUT2D eigenvalue weighted by Crippen LogP contribution is -2.04. The summed E-state index contributed by atoms with van der Waals surface area (Å²) >= 11 is 0. The molecule has 0 aliphatic heterocycles. The zero-order chi connectivity index (χ0) is 7.44. The molecule has 54 valence electrons. The van der Waals surface area contributed by atoms with Crippen LogP contribution < -0.4 is 0 Å². The highest BCUT2D eigenvalue weighted by atomic mass is 16.3. The van der Waals surface area contributed by atoms with Crippen LogP contribution in [0.25, 0.3) is 0 Å². The van der Waals surface area contributed by atoms with Crippen molar-refractivity contribution in [3.05, 3.63) is 11.1 Å². The molecule has 1 N–H and O–H groups in total. The van der Waals surface area contributed by atoms with E-state index in [1.807, 2.05) is 20.8 Å². The minimum Gasteiger partial charge on any atom is -0.389 e. The van der Waals surface area contributed by atoms with Crippen LogP contribution in [-0.4, -0.2) is 11.2 Å². The Kier molecular flexibility index (Phi) is 3.55. The third-order valence-corrected chi connectivity index (χ3v) is 1.53. The number of rotatable bonds is 2. The highest BCUT2D eigenvalue weighted by Crippen LogP contribution is 2.11. The first kappa shape index (κ1) is 8.70. The first-order valence-corrected chi connectivity index (χ1v) is 3.43. The molecule has 1 atom stereocenters. The summed E-state index contributed by atoms with van der Waals surface area (Å²) in [7, 11) is 0. The quantitative estimate of drug-likeness (QED) is 0.565. The second-order valence-corrected chi connectivity index (χ2v) is 2.55. The summed E-state index contributed by atoms with van der Waals surface area (Å²) in [5, 5.41) is 9.12. The van der Waals surface area contributed by atoms with Crippen molar-refractivity contribution < 1.29 is 5.11 Å². The van der Waals surface area contributed by atoms with Gasteiger partial charge in [-0.3, -0.25) is 0 Å². The normalized spacial score (nSPS) is 13.0. The van der Waals surface area contributed by atoms with E-state index in [9.17, 15) is 0 Å². The van der Waals surface area contributed by atoms with Crippen molar-refractivity contribution >= 4 is 0 Å². The van der Waals surface area contributed by atoms with Crippen LogP contribution in [0.5, 0.6) is 0 Å². The number of hydrogen-bond acceptors (Lipinski definition) is 1. The molecule has 0 amide bonds.